The van der Waals surface area contributed by atoms with Gasteiger partial charge in [-0.3, -0.25) is 0 Å². The molecule has 2 rings (SSSR count). The fraction of sp³-hybridized carbons (Fsp3) is 0.222. The minimum atomic E-state index is -0.345. The van der Waals surface area contributed by atoms with Gasteiger partial charge < -0.3 is 5.32 Å². The number of hydrogen-bond acceptors (Lipinski definition) is 4. The average Bonchev–Trinajstić information content (AvgIpc) is 2.67. The molecule has 1 N–H and O–H groups in total. The molecule has 0 amide bonds. The molecule has 0 aliphatic heterocycles. The van der Waals surface area contributed by atoms with E-state index < -0.39 is 0 Å². The molecule has 0 saturated carbocycles. The molecule has 1 heterocycles. The first-order valence-corrected chi connectivity index (χ1v) is 4.49. The molecule has 78 valence electrons. The summed E-state index contributed by atoms with van der Waals surface area (Å²) >= 11 is 0. The molecule has 1 aromatic carbocycles. The van der Waals surface area contributed by atoms with E-state index in [1.807, 2.05) is 0 Å². The van der Waals surface area contributed by atoms with Crippen LogP contribution >= 0.6 is 0 Å². The Morgan fingerprint density at radius 3 is 2.93 bits per heavy atom. The van der Waals surface area contributed by atoms with Gasteiger partial charge in [0.1, 0.15) is 11.5 Å². The van der Waals surface area contributed by atoms with Crippen molar-refractivity contribution in [3.63, 3.8) is 0 Å². The lowest BCUT2D eigenvalue weighted by Gasteiger charge is -2.04. The lowest BCUT2D eigenvalue weighted by molar-refractivity contribution is 0.598. The fourth-order valence-corrected chi connectivity index (χ4v) is 1.28. The van der Waals surface area contributed by atoms with Crippen molar-refractivity contribution in [3.05, 3.63) is 35.9 Å². The zero-order valence-electron chi connectivity index (χ0n) is 8.18. The number of hydrogen-bond donors (Lipinski definition) is 1. The van der Waals surface area contributed by atoms with E-state index in [9.17, 15) is 4.39 Å². The summed E-state index contributed by atoms with van der Waals surface area (Å²) < 4.78 is 14.8. The molecular weight excluding hydrogens is 197 g/mol. The van der Waals surface area contributed by atoms with Crippen LogP contribution in [0.4, 0.5) is 4.39 Å². The van der Waals surface area contributed by atoms with Gasteiger partial charge in [-0.2, -0.15) is 4.68 Å². The van der Waals surface area contributed by atoms with Crippen molar-refractivity contribution in [2.24, 2.45) is 0 Å². The number of benzene rings is 1. The van der Waals surface area contributed by atoms with E-state index in [1.54, 1.807) is 25.2 Å². The first-order chi connectivity index (χ1) is 7.33. The first-order valence-electron chi connectivity index (χ1n) is 4.49. The monoisotopic (exact) mass is 207 g/mol. The van der Waals surface area contributed by atoms with Gasteiger partial charge in [0.2, 0.25) is 0 Å². The second kappa shape index (κ2) is 4.14. The summed E-state index contributed by atoms with van der Waals surface area (Å²) in [5, 5.41) is 14.0. The number of halogens is 1. The SMILES string of the molecule is CNCc1nnnn1-c1ccccc1F. The maximum Gasteiger partial charge on any atom is 0.170 e. The molecule has 0 aliphatic carbocycles. The van der Waals surface area contributed by atoms with Gasteiger partial charge in [0, 0.05) is 0 Å². The van der Waals surface area contributed by atoms with Gasteiger partial charge in [-0.15, -0.1) is 5.10 Å². The van der Waals surface area contributed by atoms with Crippen LogP contribution in [-0.4, -0.2) is 27.3 Å². The molecule has 15 heavy (non-hydrogen) atoms. The van der Waals surface area contributed by atoms with Crippen LogP contribution in [0.3, 0.4) is 0 Å². The molecule has 6 heteroatoms. The largest absolute Gasteiger partial charge is 0.313 e. The van der Waals surface area contributed by atoms with Crippen LogP contribution < -0.4 is 5.32 Å². The third kappa shape index (κ3) is 1.84. The van der Waals surface area contributed by atoms with Gasteiger partial charge in [0.05, 0.1) is 6.54 Å². The van der Waals surface area contributed by atoms with Crippen LogP contribution in [-0.2, 0) is 6.54 Å². The van der Waals surface area contributed by atoms with E-state index in [4.69, 9.17) is 0 Å². The van der Waals surface area contributed by atoms with Gasteiger partial charge in [-0.1, -0.05) is 12.1 Å². The zero-order chi connectivity index (χ0) is 10.7. The number of aromatic nitrogens is 4. The van der Waals surface area contributed by atoms with Crippen LogP contribution in [0.1, 0.15) is 5.82 Å². The zero-order valence-corrected chi connectivity index (χ0v) is 8.18. The Balaban J connectivity index is 2.45. The summed E-state index contributed by atoms with van der Waals surface area (Å²) in [7, 11) is 1.78. The van der Waals surface area contributed by atoms with Crippen molar-refractivity contribution in [3.8, 4) is 5.69 Å². The van der Waals surface area contributed by atoms with Crippen molar-refractivity contribution >= 4 is 0 Å². The summed E-state index contributed by atoms with van der Waals surface area (Å²) in [4.78, 5) is 0. The van der Waals surface area contributed by atoms with E-state index in [-0.39, 0.29) is 5.82 Å². The van der Waals surface area contributed by atoms with E-state index >= 15 is 0 Å². The smallest absolute Gasteiger partial charge is 0.170 e. The molecule has 0 radical (unpaired) electrons. The predicted octanol–water partition coefficient (Wildman–Crippen LogP) is 0.521. The van der Waals surface area contributed by atoms with Gasteiger partial charge in [0.25, 0.3) is 0 Å². The minimum absolute atomic E-state index is 0.345. The predicted molar refractivity (Wildman–Crippen MR) is 51.9 cm³/mol. The number of nitrogens with one attached hydrogen (secondary N) is 1. The maximum absolute atomic E-state index is 13.4. The number of nitrogens with zero attached hydrogens (tertiary/aromatic N) is 4. The lowest BCUT2D eigenvalue weighted by Crippen LogP contribution is -2.12. The van der Waals surface area contributed by atoms with Crippen molar-refractivity contribution in [2.75, 3.05) is 7.05 Å². The van der Waals surface area contributed by atoms with E-state index in [1.165, 1.54) is 10.7 Å². The van der Waals surface area contributed by atoms with Crippen LogP contribution in [0, 0.1) is 5.82 Å². The lowest BCUT2D eigenvalue weighted by atomic mass is 10.3. The second-order valence-corrected chi connectivity index (χ2v) is 2.99. The topological polar surface area (TPSA) is 55.6 Å². The minimum Gasteiger partial charge on any atom is -0.313 e. The molecule has 0 spiro atoms. The van der Waals surface area contributed by atoms with Gasteiger partial charge in [-0.05, 0) is 29.6 Å². The number of tetrazole rings is 1. The Hall–Kier alpha value is -1.82. The van der Waals surface area contributed by atoms with Gasteiger partial charge >= 0.3 is 0 Å². The molecule has 2 aromatic rings. The highest BCUT2D eigenvalue weighted by molar-refractivity contribution is 5.32. The van der Waals surface area contributed by atoms with E-state index in [0.29, 0.717) is 18.1 Å². The van der Waals surface area contributed by atoms with Crippen LogP contribution in [0.5, 0.6) is 0 Å². The standard InChI is InChI=1S/C9H10FN5/c1-11-6-9-12-13-14-15(9)8-5-3-2-4-7(8)10/h2-5,11H,6H2,1H3. The molecule has 0 atom stereocenters. The van der Waals surface area contributed by atoms with Crippen molar-refractivity contribution in [1.82, 2.24) is 25.5 Å². The van der Waals surface area contributed by atoms with Crippen LogP contribution in [0.15, 0.2) is 24.3 Å². The van der Waals surface area contributed by atoms with E-state index in [0.717, 1.165) is 0 Å². The second-order valence-electron chi connectivity index (χ2n) is 2.99. The molecular formula is C9H10FN5. The molecule has 5 nitrogen and oxygen atoms in total. The van der Waals surface area contributed by atoms with Crippen LogP contribution in [0.25, 0.3) is 5.69 Å². The molecule has 0 fully saturated rings. The number of rotatable bonds is 3. The third-order valence-electron chi connectivity index (χ3n) is 1.95. The molecule has 0 bridgehead atoms. The Morgan fingerprint density at radius 2 is 2.20 bits per heavy atom. The third-order valence-corrected chi connectivity index (χ3v) is 1.95. The summed E-state index contributed by atoms with van der Waals surface area (Å²) in [5.41, 5.74) is 0.354. The van der Waals surface area contributed by atoms with Crippen molar-refractivity contribution < 1.29 is 4.39 Å². The average molecular weight is 207 g/mol. The Morgan fingerprint density at radius 1 is 1.40 bits per heavy atom. The van der Waals surface area contributed by atoms with Crippen LogP contribution in [0.2, 0.25) is 0 Å². The van der Waals surface area contributed by atoms with Gasteiger partial charge in [-0.25, -0.2) is 4.39 Å². The van der Waals surface area contributed by atoms with E-state index in [2.05, 4.69) is 20.8 Å². The maximum atomic E-state index is 13.4. The van der Waals surface area contributed by atoms with Gasteiger partial charge in [0.15, 0.2) is 5.82 Å². The quantitative estimate of drug-likeness (QED) is 0.797. The number of para-hydroxylation sites is 1. The van der Waals surface area contributed by atoms with Crippen molar-refractivity contribution in [1.29, 1.82) is 0 Å². The molecule has 0 aliphatic rings. The Kier molecular flexibility index (Phi) is 2.68. The highest BCUT2D eigenvalue weighted by atomic mass is 19.1. The first kappa shape index (κ1) is 9.72. The molecule has 1 aromatic heterocycles. The summed E-state index contributed by atoms with van der Waals surface area (Å²) in [6.07, 6.45) is 0. The Labute approximate surface area is 85.9 Å². The highest BCUT2D eigenvalue weighted by Gasteiger charge is 2.10. The molecule has 0 unspecified atom stereocenters. The summed E-state index contributed by atoms with van der Waals surface area (Å²) in [6, 6.07) is 6.37. The Bertz CT molecular complexity index is 453. The fourth-order valence-electron chi connectivity index (χ4n) is 1.28. The summed E-state index contributed by atoms with van der Waals surface area (Å²) in [5.74, 6) is 0.227. The van der Waals surface area contributed by atoms with Crippen molar-refractivity contribution in [2.45, 2.75) is 6.54 Å². The summed E-state index contributed by atoms with van der Waals surface area (Å²) in [6.45, 7) is 0.487. The highest BCUT2D eigenvalue weighted by Crippen LogP contribution is 2.11. The normalized spacial score (nSPS) is 10.5. The molecule has 0 saturated heterocycles.